The normalized spacial score (nSPS) is 18.9. The van der Waals surface area contributed by atoms with Gasteiger partial charge in [0.25, 0.3) is 5.91 Å². The average Bonchev–Trinajstić information content (AvgIpc) is 4.16. The van der Waals surface area contributed by atoms with Gasteiger partial charge in [-0.3, -0.25) is 18.8 Å². The molecule has 3 fully saturated rings. The van der Waals surface area contributed by atoms with Crippen LogP contribution in [0.25, 0.3) is 26.7 Å². The van der Waals surface area contributed by atoms with Gasteiger partial charge in [0.05, 0.1) is 43.2 Å². The Morgan fingerprint density at radius 2 is 1.48 bits per heavy atom. The fraction of sp³-hybridized carbons (Fsp3) is 0.457. The topological polar surface area (TPSA) is 192 Å². The van der Waals surface area contributed by atoms with Gasteiger partial charge in [0, 0.05) is 24.7 Å². The van der Waals surface area contributed by atoms with Crippen LogP contribution in [0.4, 0.5) is 15.4 Å². The lowest BCUT2D eigenvalue weighted by Crippen LogP contribution is -2.51. The predicted molar refractivity (Wildman–Crippen MR) is 238 cm³/mol. The quantitative estimate of drug-likeness (QED) is 0.0979. The number of aromatic amines is 1. The third kappa shape index (κ3) is 9.15. The monoisotopic (exact) mass is 877 g/mol. The number of nitrogens with zero attached hydrogens (tertiary/aromatic N) is 5. The molecule has 1 aliphatic carbocycles. The minimum Gasteiger partial charge on any atom is -0.453 e. The van der Waals surface area contributed by atoms with Crippen LogP contribution in [-0.2, 0) is 23.9 Å². The summed E-state index contributed by atoms with van der Waals surface area (Å²) in [6, 6.07) is 14.7. The van der Waals surface area contributed by atoms with Crippen molar-refractivity contribution in [2.24, 2.45) is 5.92 Å². The standard InChI is InChI=1S/C46H55N9O7S/c1-27(2)36(51-45(59)61-3)42(57)53-23-11-17-33(53)40-47-25-32(48-40)28-19-21-31(22-20-28)39-38(30-15-9-6-10-16-30)55-26-35(50-44(55)63-39)49-41(56)34-18-12-24-54(34)43(58)37(52-46(60)62-4)29-13-7-5-8-14-29/h5,7-8,13-14,19-22,25-27,30,33-34,36-37H,6,9-12,15-18,23-24H2,1-4H3,(H,47,48)(H,49,56)(H,51,59)(H,52,60)/t33-,34-,36-,37+/m0/s1. The van der Waals surface area contributed by atoms with E-state index in [0.29, 0.717) is 49.1 Å². The third-order valence-corrected chi connectivity index (χ3v) is 13.7. The second-order valence-electron chi connectivity index (χ2n) is 16.9. The van der Waals surface area contributed by atoms with Crippen molar-refractivity contribution < 1.29 is 33.4 Å². The van der Waals surface area contributed by atoms with E-state index in [1.807, 2.05) is 37.2 Å². The van der Waals surface area contributed by atoms with E-state index >= 15 is 0 Å². The maximum absolute atomic E-state index is 13.9. The Morgan fingerprint density at radius 1 is 0.794 bits per heavy atom. The summed E-state index contributed by atoms with van der Waals surface area (Å²) < 4.78 is 11.7. The molecule has 0 bridgehead atoms. The number of nitrogens with one attached hydrogen (secondary N) is 4. The van der Waals surface area contributed by atoms with Crippen molar-refractivity contribution in [3.05, 3.63) is 84.1 Å². The molecular formula is C46H55N9O7S. The van der Waals surface area contributed by atoms with E-state index in [1.54, 1.807) is 40.5 Å². The molecule has 8 rings (SSSR count). The molecule has 2 aromatic carbocycles. The molecule has 5 aromatic rings. The average molecular weight is 878 g/mol. The molecule has 2 saturated heterocycles. The number of anilines is 1. The zero-order valence-corrected chi connectivity index (χ0v) is 36.9. The molecule has 5 amide bonds. The first-order valence-electron chi connectivity index (χ1n) is 21.9. The van der Waals surface area contributed by atoms with E-state index in [-0.39, 0.29) is 29.7 Å². The molecule has 0 unspecified atom stereocenters. The van der Waals surface area contributed by atoms with Gasteiger partial charge >= 0.3 is 12.2 Å². The summed E-state index contributed by atoms with van der Waals surface area (Å²) in [5, 5.41) is 8.37. The summed E-state index contributed by atoms with van der Waals surface area (Å²) in [4.78, 5) is 84.2. The van der Waals surface area contributed by atoms with E-state index in [0.717, 1.165) is 65.2 Å². The molecule has 0 radical (unpaired) electrons. The SMILES string of the molecule is COC(=O)N[C@H](C(=O)N1CCC[C@H]1c1ncc(-c2ccc(-c3sc4nc(NC(=O)[C@@H]5CCCN5C(=O)[C@H](NC(=O)OC)c5ccccc5)cn4c3C3CCCCC3)cc2)[nH]1)C(C)C. The second-order valence-corrected chi connectivity index (χ2v) is 17.9. The zero-order valence-electron chi connectivity index (χ0n) is 36.1. The van der Waals surface area contributed by atoms with Crippen LogP contribution in [0.1, 0.15) is 107 Å². The highest BCUT2D eigenvalue weighted by Gasteiger charge is 2.40. The fourth-order valence-corrected chi connectivity index (χ4v) is 10.5. The van der Waals surface area contributed by atoms with E-state index in [4.69, 9.17) is 19.4 Å². The molecule has 332 valence electrons. The van der Waals surface area contributed by atoms with Crippen molar-refractivity contribution in [3.63, 3.8) is 0 Å². The largest absolute Gasteiger partial charge is 0.453 e. The van der Waals surface area contributed by atoms with Crippen LogP contribution in [0.3, 0.4) is 0 Å². The Bertz CT molecular complexity index is 2440. The molecule has 3 aromatic heterocycles. The Labute approximate surface area is 370 Å². The minimum atomic E-state index is -1.01. The van der Waals surface area contributed by atoms with Crippen LogP contribution in [0.2, 0.25) is 0 Å². The summed E-state index contributed by atoms with van der Waals surface area (Å²) >= 11 is 1.59. The number of carbonyl (C=O) groups excluding carboxylic acids is 5. The molecule has 5 heterocycles. The Kier molecular flexibility index (Phi) is 13.1. The maximum atomic E-state index is 13.9. The number of amides is 5. The number of aromatic nitrogens is 4. The van der Waals surface area contributed by atoms with Gasteiger partial charge in [-0.25, -0.2) is 19.6 Å². The van der Waals surface area contributed by atoms with E-state index in [9.17, 15) is 24.0 Å². The lowest BCUT2D eigenvalue weighted by Gasteiger charge is -2.30. The van der Waals surface area contributed by atoms with Crippen LogP contribution in [-0.4, -0.2) is 98.5 Å². The van der Waals surface area contributed by atoms with Crippen molar-refractivity contribution in [2.45, 2.75) is 102 Å². The number of rotatable bonds is 12. The molecule has 4 atom stereocenters. The number of hydrogen-bond donors (Lipinski definition) is 4. The van der Waals surface area contributed by atoms with Crippen LogP contribution in [0.15, 0.2) is 67.0 Å². The summed E-state index contributed by atoms with van der Waals surface area (Å²) in [7, 11) is 2.53. The molecule has 17 heteroatoms. The molecule has 63 heavy (non-hydrogen) atoms. The number of hydrogen-bond acceptors (Lipinski definition) is 10. The Balaban J connectivity index is 0.999. The fourth-order valence-electron chi connectivity index (χ4n) is 9.32. The number of ether oxygens (including phenoxy) is 2. The first-order valence-corrected chi connectivity index (χ1v) is 22.7. The number of thiazole rings is 1. The number of alkyl carbamates (subject to hydrolysis) is 2. The lowest BCUT2D eigenvalue weighted by atomic mass is 9.85. The van der Waals surface area contributed by atoms with Crippen LogP contribution in [0, 0.1) is 5.92 Å². The molecule has 3 aliphatic rings. The van der Waals surface area contributed by atoms with Gasteiger partial charge in [-0.2, -0.15) is 0 Å². The number of benzene rings is 2. The molecule has 1 saturated carbocycles. The molecule has 4 N–H and O–H groups in total. The highest BCUT2D eigenvalue weighted by atomic mass is 32.1. The van der Waals surface area contributed by atoms with E-state index in [2.05, 4.69) is 49.6 Å². The number of H-pyrrole nitrogens is 1. The van der Waals surface area contributed by atoms with Crippen molar-refractivity contribution in [1.82, 2.24) is 39.8 Å². The maximum Gasteiger partial charge on any atom is 0.407 e. The van der Waals surface area contributed by atoms with Gasteiger partial charge in [-0.1, -0.05) is 99.0 Å². The van der Waals surface area contributed by atoms with Gasteiger partial charge in [0.2, 0.25) is 11.8 Å². The summed E-state index contributed by atoms with van der Waals surface area (Å²) in [5.41, 5.74) is 4.65. The van der Waals surface area contributed by atoms with Crippen molar-refractivity contribution >= 4 is 52.0 Å². The lowest BCUT2D eigenvalue weighted by molar-refractivity contribution is -0.138. The zero-order chi connectivity index (χ0) is 44.2. The number of methoxy groups -OCH3 is 2. The Morgan fingerprint density at radius 3 is 2.19 bits per heavy atom. The first kappa shape index (κ1) is 43.4. The first-order chi connectivity index (χ1) is 30.5. The number of carbonyl (C=O) groups is 5. The Hall–Kier alpha value is -6.23. The summed E-state index contributed by atoms with van der Waals surface area (Å²) in [6.45, 7) is 4.76. The van der Waals surface area contributed by atoms with Crippen LogP contribution < -0.4 is 16.0 Å². The smallest absolute Gasteiger partial charge is 0.407 e. The molecule has 2 aliphatic heterocycles. The van der Waals surface area contributed by atoms with E-state index < -0.39 is 30.3 Å². The van der Waals surface area contributed by atoms with Crippen LogP contribution >= 0.6 is 11.3 Å². The number of likely N-dealkylation sites (tertiary alicyclic amines) is 2. The van der Waals surface area contributed by atoms with Crippen molar-refractivity contribution in [2.75, 3.05) is 32.6 Å². The van der Waals surface area contributed by atoms with Gasteiger partial charge in [0.15, 0.2) is 10.8 Å². The summed E-state index contributed by atoms with van der Waals surface area (Å²) in [5.74, 6) is 0.485. The number of imidazole rings is 2. The summed E-state index contributed by atoms with van der Waals surface area (Å²) in [6.07, 6.45) is 10.7. The van der Waals surface area contributed by atoms with Gasteiger partial charge < -0.3 is 40.2 Å². The predicted octanol–water partition coefficient (Wildman–Crippen LogP) is 7.57. The van der Waals surface area contributed by atoms with Crippen molar-refractivity contribution in [3.8, 4) is 21.7 Å². The van der Waals surface area contributed by atoms with Gasteiger partial charge in [0.1, 0.15) is 23.9 Å². The van der Waals surface area contributed by atoms with E-state index in [1.165, 1.54) is 26.3 Å². The molecular weight excluding hydrogens is 823 g/mol. The van der Waals surface area contributed by atoms with Crippen molar-refractivity contribution in [1.29, 1.82) is 0 Å². The van der Waals surface area contributed by atoms with Gasteiger partial charge in [-0.15, -0.1) is 0 Å². The number of fused-ring (bicyclic) bond motifs is 1. The second kappa shape index (κ2) is 19.0. The third-order valence-electron chi connectivity index (χ3n) is 12.6. The van der Waals surface area contributed by atoms with Gasteiger partial charge in [-0.05, 0) is 61.1 Å². The highest BCUT2D eigenvalue weighted by molar-refractivity contribution is 7.20. The molecule has 0 spiro atoms. The van der Waals surface area contributed by atoms with Crippen LogP contribution in [0.5, 0.6) is 0 Å². The molecule has 16 nitrogen and oxygen atoms in total. The minimum absolute atomic E-state index is 0.122. The highest BCUT2D eigenvalue weighted by Crippen LogP contribution is 2.44.